The molecule has 1 aromatic carbocycles. The lowest BCUT2D eigenvalue weighted by Gasteiger charge is -2.14. The Kier molecular flexibility index (Phi) is 4.71. The van der Waals surface area contributed by atoms with Gasteiger partial charge in [0, 0.05) is 12.7 Å². The van der Waals surface area contributed by atoms with Gasteiger partial charge in [-0.25, -0.2) is 4.79 Å². The smallest absolute Gasteiger partial charge is 0.315 e. The highest BCUT2D eigenvalue weighted by molar-refractivity contribution is 5.74. The first-order valence-electron chi connectivity index (χ1n) is 6.66. The van der Waals surface area contributed by atoms with E-state index in [0.717, 1.165) is 11.3 Å². The minimum absolute atomic E-state index is 0.116. The number of hydrogen-bond acceptors (Lipinski definition) is 2. The molecule has 0 saturated carbocycles. The minimum Gasteiger partial charge on any atom is -0.334 e. The van der Waals surface area contributed by atoms with Crippen LogP contribution in [-0.4, -0.2) is 11.0 Å². The van der Waals surface area contributed by atoms with Crippen LogP contribution in [0.15, 0.2) is 48.7 Å². The molecule has 1 heterocycles. The number of pyridine rings is 1. The lowest BCUT2D eigenvalue weighted by Crippen LogP contribution is -2.36. The second kappa shape index (κ2) is 6.70. The van der Waals surface area contributed by atoms with Gasteiger partial charge in [-0.2, -0.15) is 0 Å². The zero-order chi connectivity index (χ0) is 14.4. The van der Waals surface area contributed by atoms with Crippen LogP contribution < -0.4 is 10.6 Å². The van der Waals surface area contributed by atoms with E-state index >= 15 is 0 Å². The van der Waals surface area contributed by atoms with E-state index in [4.69, 9.17) is 0 Å². The van der Waals surface area contributed by atoms with Crippen molar-refractivity contribution in [1.29, 1.82) is 0 Å². The monoisotopic (exact) mass is 269 g/mol. The lowest BCUT2D eigenvalue weighted by atomic mass is 10.1. The van der Waals surface area contributed by atoms with E-state index in [1.807, 2.05) is 56.3 Å². The van der Waals surface area contributed by atoms with Gasteiger partial charge in [0.05, 0.1) is 11.7 Å². The first kappa shape index (κ1) is 14.1. The van der Waals surface area contributed by atoms with E-state index in [-0.39, 0.29) is 12.1 Å². The van der Waals surface area contributed by atoms with Gasteiger partial charge in [0.2, 0.25) is 0 Å². The van der Waals surface area contributed by atoms with Crippen LogP contribution in [0.25, 0.3) is 0 Å². The summed E-state index contributed by atoms with van der Waals surface area (Å²) in [5.41, 5.74) is 3.14. The number of rotatable bonds is 4. The number of aromatic nitrogens is 1. The van der Waals surface area contributed by atoms with E-state index in [1.54, 1.807) is 6.20 Å². The van der Waals surface area contributed by atoms with Gasteiger partial charge in [-0.1, -0.05) is 35.9 Å². The predicted octanol–water partition coefficient (Wildman–Crippen LogP) is 2.95. The number of carbonyl (C=O) groups excluding carboxylic acids is 1. The van der Waals surface area contributed by atoms with Crippen LogP contribution in [0.3, 0.4) is 0 Å². The van der Waals surface area contributed by atoms with E-state index in [9.17, 15) is 4.79 Å². The maximum Gasteiger partial charge on any atom is 0.315 e. The highest BCUT2D eigenvalue weighted by Crippen LogP contribution is 2.07. The summed E-state index contributed by atoms with van der Waals surface area (Å²) in [6.07, 6.45) is 1.72. The topological polar surface area (TPSA) is 54.0 Å². The molecule has 1 aromatic heterocycles. The molecule has 0 spiro atoms. The molecule has 0 saturated heterocycles. The molecule has 0 aliphatic carbocycles. The molecule has 2 rings (SSSR count). The summed E-state index contributed by atoms with van der Waals surface area (Å²) in [6, 6.07) is 13.4. The molecular weight excluding hydrogens is 250 g/mol. The molecule has 0 aliphatic heterocycles. The van der Waals surface area contributed by atoms with Crippen LogP contribution in [0.2, 0.25) is 0 Å². The quantitative estimate of drug-likeness (QED) is 0.896. The van der Waals surface area contributed by atoms with Crippen LogP contribution in [0.5, 0.6) is 0 Å². The molecule has 20 heavy (non-hydrogen) atoms. The van der Waals surface area contributed by atoms with Crippen molar-refractivity contribution in [1.82, 2.24) is 15.6 Å². The van der Waals surface area contributed by atoms with Gasteiger partial charge in [-0.05, 0) is 31.5 Å². The molecule has 0 aliphatic rings. The van der Waals surface area contributed by atoms with Crippen molar-refractivity contribution in [3.63, 3.8) is 0 Å². The summed E-state index contributed by atoms with van der Waals surface area (Å²) in [5.74, 6) is 0. The fourth-order valence-electron chi connectivity index (χ4n) is 1.84. The van der Waals surface area contributed by atoms with Gasteiger partial charge in [-0.3, -0.25) is 4.98 Å². The number of nitrogens with zero attached hydrogens (tertiary/aromatic N) is 1. The molecule has 2 aromatic rings. The van der Waals surface area contributed by atoms with Crippen molar-refractivity contribution < 1.29 is 4.79 Å². The molecule has 4 nitrogen and oxygen atoms in total. The Balaban J connectivity index is 1.82. The number of carbonyl (C=O) groups is 1. The van der Waals surface area contributed by atoms with Crippen LogP contribution in [0, 0.1) is 6.92 Å². The molecule has 2 amide bonds. The SMILES string of the molecule is Cc1ccc(CNC(=O)NC(C)c2ccccn2)cc1. The highest BCUT2D eigenvalue weighted by Gasteiger charge is 2.09. The highest BCUT2D eigenvalue weighted by atomic mass is 16.2. The molecule has 104 valence electrons. The van der Waals surface area contributed by atoms with Gasteiger partial charge in [-0.15, -0.1) is 0 Å². The third kappa shape index (κ3) is 4.09. The summed E-state index contributed by atoms with van der Waals surface area (Å²) < 4.78 is 0. The Hall–Kier alpha value is -2.36. The fraction of sp³-hybridized carbons (Fsp3) is 0.250. The van der Waals surface area contributed by atoms with Crippen LogP contribution in [0.4, 0.5) is 4.79 Å². The molecule has 0 bridgehead atoms. The van der Waals surface area contributed by atoms with Crippen molar-refractivity contribution in [3.05, 3.63) is 65.5 Å². The van der Waals surface area contributed by atoms with Crippen molar-refractivity contribution in [3.8, 4) is 0 Å². The van der Waals surface area contributed by atoms with Gasteiger partial charge in [0.1, 0.15) is 0 Å². The van der Waals surface area contributed by atoms with Gasteiger partial charge < -0.3 is 10.6 Å². The van der Waals surface area contributed by atoms with Crippen molar-refractivity contribution in [2.75, 3.05) is 0 Å². The summed E-state index contributed by atoms with van der Waals surface area (Å²) >= 11 is 0. The molecule has 1 atom stereocenters. The average Bonchev–Trinajstić information content (AvgIpc) is 2.47. The molecule has 0 radical (unpaired) electrons. The normalized spacial score (nSPS) is 11.7. The van der Waals surface area contributed by atoms with Crippen molar-refractivity contribution >= 4 is 6.03 Å². The number of aryl methyl sites for hydroxylation is 1. The second-order valence-electron chi connectivity index (χ2n) is 4.79. The van der Waals surface area contributed by atoms with Crippen molar-refractivity contribution in [2.45, 2.75) is 26.4 Å². The third-order valence-electron chi connectivity index (χ3n) is 3.05. The third-order valence-corrected chi connectivity index (χ3v) is 3.05. The summed E-state index contributed by atoms with van der Waals surface area (Å²) in [5, 5.41) is 5.71. The van der Waals surface area contributed by atoms with E-state index in [0.29, 0.717) is 6.54 Å². The van der Waals surface area contributed by atoms with Gasteiger partial charge in [0.15, 0.2) is 0 Å². The van der Waals surface area contributed by atoms with E-state index in [2.05, 4.69) is 15.6 Å². The minimum atomic E-state index is -0.191. The molecular formula is C16H19N3O. The number of amides is 2. The first-order chi connectivity index (χ1) is 9.65. The zero-order valence-electron chi connectivity index (χ0n) is 11.8. The Morgan fingerprint density at radius 3 is 2.60 bits per heavy atom. The Morgan fingerprint density at radius 1 is 1.20 bits per heavy atom. The lowest BCUT2D eigenvalue weighted by molar-refractivity contribution is 0.237. The molecule has 4 heteroatoms. The number of benzene rings is 1. The van der Waals surface area contributed by atoms with Crippen molar-refractivity contribution in [2.24, 2.45) is 0 Å². The average molecular weight is 269 g/mol. The largest absolute Gasteiger partial charge is 0.334 e. The Labute approximate surface area is 119 Å². The maximum absolute atomic E-state index is 11.8. The molecule has 0 fully saturated rings. The zero-order valence-corrected chi connectivity index (χ0v) is 11.8. The summed E-state index contributed by atoms with van der Waals surface area (Å²) in [6.45, 7) is 4.47. The van der Waals surface area contributed by atoms with Crippen LogP contribution in [-0.2, 0) is 6.54 Å². The molecule has 2 N–H and O–H groups in total. The van der Waals surface area contributed by atoms with Crippen LogP contribution in [0.1, 0.15) is 29.8 Å². The van der Waals surface area contributed by atoms with Gasteiger partial charge >= 0.3 is 6.03 Å². The standard InChI is InChI=1S/C16H19N3O/c1-12-6-8-14(9-7-12)11-18-16(20)19-13(2)15-5-3-4-10-17-15/h3-10,13H,11H2,1-2H3,(H2,18,19,20). The summed E-state index contributed by atoms with van der Waals surface area (Å²) in [4.78, 5) is 16.0. The Morgan fingerprint density at radius 2 is 1.95 bits per heavy atom. The van der Waals surface area contributed by atoms with E-state index in [1.165, 1.54) is 5.56 Å². The summed E-state index contributed by atoms with van der Waals surface area (Å²) in [7, 11) is 0. The number of urea groups is 1. The van der Waals surface area contributed by atoms with E-state index < -0.39 is 0 Å². The first-order valence-corrected chi connectivity index (χ1v) is 6.66. The van der Waals surface area contributed by atoms with Gasteiger partial charge in [0.25, 0.3) is 0 Å². The Bertz CT molecular complexity index is 552. The number of hydrogen-bond donors (Lipinski definition) is 2. The molecule has 1 unspecified atom stereocenters. The van der Waals surface area contributed by atoms with Crippen LogP contribution >= 0.6 is 0 Å². The maximum atomic E-state index is 11.8. The second-order valence-corrected chi connectivity index (χ2v) is 4.79. The predicted molar refractivity (Wildman–Crippen MR) is 79.2 cm³/mol. The number of nitrogens with one attached hydrogen (secondary N) is 2. The fourth-order valence-corrected chi connectivity index (χ4v) is 1.84.